The van der Waals surface area contributed by atoms with E-state index in [4.69, 9.17) is 4.74 Å². The number of para-hydroxylation sites is 1. The van der Waals surface area contributed by atoms with Crippen molar-refractivity contribution >= 4 is 5.69 Å². The average Bonchev–Trinajstić information content (AvgIpc) is 2.96. The van der Waals surface area contributed by atoms with Crippen molar-refractivity contribution in [3.8, 4) is 24.3 Å². The Labute approximate surface area is 224 Å². The molecule has 0 bridgehead atoms. The van der Waals surface area contributed by atoms with Gasteiger partial charge in [0, 0.05) is 25.3 Å². The third-order valence-electron chi connectivity index (χ3n) is 6.70. The van der Waals surface area contributed by atoms with E-state index in [1.165, 1.54) is 41.6 Å². The Morgan fingerprint density at radius 1 is 0.784 bits per heavy atom. The van der Waals surface area contributed by atoms with E-state index in [1.807, 2.05) is 12.1 Å². The third-order valence-corrected chi connectivity index (χ3v) is 6.70. The maximum atomic E-state index is 9.19. The summed E-state index contributed by atoms with van der Waals surface area (Å²) in [5.74, 6) is 1.36. The Hall–Kier alpha value is -3.42. The summed E-state index contributed by atoms with van der Waals surface area (Å²) in [4.78, 5) is 4.74. The fourth-order valence-electron chi connectivity index (χ4n) is 4.49. The molecule has 4 nitrogen and oxygen atoms in total. The van der Waals surface area contributed by atoms with Crippen molar-refractivity contribution in [2.24, 2.45) is 0 Å². The number of nitrogens with zero attached hydrogens (tertiary/aromatic N) is 2. The van der Waals surface area contributed by atoms with Crippen molar-refractivity contribution in [1.82, 2.24) is 4.90 Å². The van der Waals surface area contributed by atoms with Gasteiger partial charge in [0.15, 0.2) is 0 Å². The molecule has 3 aromatic carbocycles. The summed E-state index contributed by atoms with van der Waals surface area (Å²) < 4.78 is 5.86. The summed E-state index contributed by atoms with van der Waals surface area (Å²) in [6.45, 7) is 12.3. The molecule has 1 aliphatic carbocycles. The lowest BCUT2D eigenvalue weighted by molar-refractivity contribution is 0.223. The molecule has 0 radical (unpaired) electrons. The van der Waals surface area contributed by atoms with Gasteiger partial charge in [0.25, 0.3) is 0 Å². The normalized spacial score (nSPS) is 11.8. The minimum atomic E-state index is 0.408. The first-order valence-corrected chi connectivity index (χ1v) is 13.5. The summed E-state index contributed by atoms with van der Waals surface area (Å²) in [5.41, 5.74) is 5.33. The molecule has 1 aliphatic rings. The van der Waals surface area contributed by atoms with Crippen LogP contribution in [0.15, 0.2) is 72.8 Å². The van der Waals surface area contributed by atoms with E-state index in [0.717, 1.165) is 51.5 Å². The van der Waals surface area contributed by atoms with Gasteiger partial charge >= 0.3 is 0 Å². The van der Waals surface area contributed by atoms with Gasteiger partial charge in [-0.25, -0.2) is 0 Å². The molecule has 0 heterocycles. The molecule has 3 aromatic rings. The van der Waals surface area contributed by atoms with Crippen molar-refractivity contribution in [2.75, 3.05) is 37.7 Å². The SMILES string of the molecule is C#C.CCN(CC)CCOc1ccc(CN(CC)c2ccccc2)cc1.Oc1ccc2c(c1)CCCC2. The van der Waals surface area contributed by atoms with Crippen LogP contribution in [-0.4, -0.2) is 42.8 Å². The number of fused-ring (bicyclic) bond motifs is 1. The number of phenolic OH excluding ortho intramolecular Hbond substituents is 1. The van der Waals surface area contributed by atoms with Crippen LogP contribution in [0.1, 0.15) is 50.3 Å². The minimum absolute atomic E-state index is 0.408. The molecule has 0 unspecified atom stereocenters. The summed E-state index contributed by atoms with van der Waals surface area (Å²) in [5, 5.41) is 9.19. The summed E-state index contributed by atoms with van der Waals surface area (Å²) in [6, 6.07) is 24.8. The Balaban J connectivity index is 0.000000306. The lowest BCUT2D eigenvalue weighted by Gasteiger charge is -2.23. The fraction of sp³-hybridized carbons (Fsp3) is 0.394. The van der Waals surface area contributed by atoms with Crippen LogP contribution in [-0.2, 0) is 19.4 Å². The zero-order valence-electron chi connectivity index (χ0n) is 22.9. The van der Waals surface area contributed by atoms with Gasteiger partial charge in [-0.15, -0.1) is 12.8 Å². The van der Waals surface area contributed by atoms with E-state index in [1.54, 1.807) is 6.07 Å². The van der Waals surface area contributed by atoms with Crippen LogP contribution in [0.5, 0.6) is 11.5 Å². The Morgan fingerprint density at radius 2 is 1.43 bits per heavy atom. The molecule has 0 saturated carbocycles. The van der Waals surface area contributed by atoms with Crippen molar-refractivity contribution < 1.29 is 9.84 Å². The number of hydrogen-bond acceptors (Lipinski definition) is 4. The van der Waals surface area contributed by atoms with Crippen LogP contribution < -0.4 is 9.64 Å². The second-order valence-electron chi connectivity index (χ2n) is 9.03. The van der Waals surface area contributed by atoms with E-state index in [9.17, 15) is 5.11 Å². The monoisotopic (exact) mass is 500 g/mol. The Morgan fingerprint density at radius 3 is 2.05 bits per heavy atom. The number of rotatable bonds is 10. The smallest absolute Gasteiger partial charge is 0.119 e. The van der Waals surface area contributed by atoms with Crippen molar-refractivity contribution in [3.63, 3.8) is 0 Å². The lowest BCUT2D eigenvalue weighted by atomic mass is 9.92. The number of phenols is 1. The maximum absolute atomic E-state index is 9.19. The molecular weight excluding hydrogens is 456 g/mol. The zero-order chi connectivity index (χ0) is 26.9. The van der Waals surface area contributed by atoms with Gasteiger partial charge in [0.2, 0.25) is 0 Å². The van der Waals surface area contributed by atoms with Crippen LogP contribution in [0.25, 0.3) is 0 Å². The Bertz CT molecular complexity index is 1030. The van der Waals surface area contributed by atoms with E-state index < -0.39 is 0 Å². The highest BCUT2D eigenvalue weighted by atomic mass is 16.5. The van der Waals surface area contributed by atoms with Crippen molar-refractivity contribution in [3.05, 3.63) is 89.5 Å². The second kappa shape index (κ2) is 17.1. The van der Waals surface area contributed by atoms with E-state index in [0.29, 0.717) is 5.75 Å². The minimum Gasteiger partial charge on any atom is -0.508 e. The largest absolute Gasteiger partial charge is 0.508 e. The standard InChI is InChI=1S/C21H30N2O.C10H12O.C2H2/c1-4-22(5-2)16-17-24-21-14-12-19(13-15-21)18-23(6-3)20-10-8-7-9-11-20;11-10-6-5-8-3-1-2-4-9(8)7-10;1-2/h7-15H,4-6,16-18H2,1-3H3;5-7,11H,1-4H2;1-2H. The highest BCUT2D eigenvalue weighted by Crippen LogP contribution is 2.24. The molecule has 1 N–H and O–H groups in total. The third kappa shape index (κ3) is 10.2. The molecule has 4 rings (SSSR count). The van der Waals surface area contributed by atoms with Gasteiger partial charge in [-0.2, -0.15) is 0 Å². The summed E-state index contributed by atoms with van der Waals surface area (Å²) in [6.07, 6.45) is 12.9. The number of aromatic hydroxyl groups is 1. The number of hydrogen-bond donors (Lipinski definition) is 1. The molecule has 198 valence electrons. The number of aryl methyl sites for hydroxylation is 2. The number of ether oxygens (including phenoxy) is 1. The predicted octanol–water partition coefficient (Wildman–Crippen LogP) is 6.95. The highest BCUT2D eigenvalue weighted by molar-refractivity contribution is 5.46. The van der Waals surface area contributed by atoms with Gasteiger partial charge < -0.3 is 19.6 Å². The molecule has 0 spiro atoms. The lowest BCUT2D eigenvalue weighted by Crippen LogP contribution is -2.27. The molecule has 0 saturated heterocycles. The molecule has 0 amide bonds. The van der Waals surface area contributed by atoms with Crippen LogP contribution in [0.2, 0.25) is 0 Å². The number of benzene rings is 3. The van der Waals surface area contributed by atoms with Crippen LogP contribution in [0.4, 0.5) is 5.69 Å². The number of anilines is 1. The first kappa shape index (κ1) is 29.8. The van der Waals surface area contributed by atoms with E-state index >= 15 is 0 Å². The topological polar surface area (TPSA) is 35.9 Å². The molecule has 4 heteroatoms. The maximum Gasteiger partial charge on any atom is 0.119 e. The summed E-state index contributed by atoms with van der Waals surface area (Å²) in [7, 11) is 0. The Kier molecular flexibility index (Phi) is 13.8. The second-order valence-corrected chi connectivity index (χ2v) is 9.03. The van der Waals surface area contributed by atoms with Gasteiger partial charge in [0.1, 0.15) is 18.1 Å². The molecule has 0 aliphatic heterocycles. The zero-order valence-corrected chi connectivity index (χ0v) is 22.9. The number of likely N-dealkylation sites (N-methyl/N-ethyl adjacent to an activating group) is 1. The van der Waals surface area contributed by atoms with Crippen LogP contribution in [0.3, 0.4) is 0 Å². The molecular formula is C33H44N2O2. The first-order valence-electron chi connectivity index (χ1n) is 13.5. The quantitative estimate of drug-likeness (QED) is 0.306. The van der Waals surface area contributed by atoms with Gasteiger partial charge in [-0.3, -0.25) is 0 Å². The highest BCUT2D eigenvalue weighted by Gasteiger charge is 2.08. The van der Waals surface area contributed by atoms with Crippen molar-refractivity contribution in [2.45, 2.75) is 53.0 Å². The summed E-state index contributed by atoms with van der Waals surface area (Å²) >= 11 is 0. The van der Waals surface area contributed by atoms with Gasteiger partial charge in [0.05, 0.1) is 0 Å². The molecule has 37 heavy (non-hydrogen) atoms. The van der Waals surface area contributed by atoms with Crippen LogP contribution >= 0.6 is 0 Å². The first-order chi connectivity index (χ1) is 18.1. The average molecular weight is 501 g/mol. The molecule has 0 fully saturated rings. The van der Waals surface area contributed by atoms with Crippen molar-refractivity contribution in [1.29, 1.82) is 0 Å². The van der Waals surface area contributed by atoms with E-state index in [2.05, 4.69) is 98.0 Å². The molecule has 0 atom stereocenters. The fourth-order valence-corrected chi connectivity index (χ4v) is 4.49. The van der Waals surface area contributed by atoms with E-state index in [-0.39, 0.29) is 0 Å². The van der Waals surface area contributed by atoms with Gasteiger partial charge in [-0.1, -0.05) is 50.2 Å². The molecule has 0 aromatic heterocycles. The number of terminal acetylenes is 1. The van der Waals surface area contributed by atoms with Gasteiger partial charge in [-0.05, 0) is 98.8 Å². The predicted molar refractivity (Wildman–Crippen MR) is 158 cm³/mol. The van der Waals surface area contributed by atoms with Crippen LogP contribution in [0, 0.1) is 12.8 Å².